The number of hydrogen-bond acceptors (Lipinski definition) is 4. The van der Waals surface area contributed by atoms with Gasteiger partial charge in [-0.05, 0) is 48.4 Å². The number of carbonyl (C=O) groups excluding carboxylic acids is 1. The summed E-state index contributed by atoms with van der Waals surface area (Å²) in [5.74, 6) is 1.39. The van der Waals surface area contributed by atoms with Gasteiger partial charge in [-0.2, -0.15) is 0 Å². The van der Waals surface area contributed by atoms with E-state index in [9.17, 15) is 4.79 Å². The molecule has 134 valence electrons. The Morgan fingerprint density at radius 2 is 1.88 bits per heavy atom. The van der Waals surface area contributed by atoms with Gasteiger partial charge >= 0.3 is 0 Å². The smallest absolute Gasteiger partial charge is 0.224 e. The molecule has 2 aromatic carbocycles. The number of amides is 1. The van der Waals surface area contributed by atoms with E-state index in [4.69, 9.17) is 21.1 Å². The van der Waals surface area contributed by atoms with E-state index < -0.39 is 0 Å². The van der Waals surface area contributed by atoms with Gasteiger partial charge < -0.3 is 19.7 Å². The molecule has 5 nitrogen and oxygen atoms in total. The van der Waals surface area contributed by atoms with Gasteiger partial charge in [-0.25, -0.2) is 0 Å². The number of hydrogen-bond donors (Lipinski definition) is 1. The van der Waals surface area contributed by atoms with Crippen LogP contribution < -0.4 is 19.7 Å². The first kappa shape index (κ1) is 18.9. The number of aryl methyl sites for hydroxylation is 1. The summed E-state index contributed by atoms with van der Waals surface area (Å²) in [6, 6.07) is 11.0. The number of methoxy groups -OCH3 is 2. The van der Waals surface area contributed by atoms with Gasteiger partial charge in [-0.15, -0.1) is 0 Å². The van der Waals surface area contributed by atoms with Gasteiger partial charge in [0, 0.05) is 25.5 Å². The van der Waals surface area contributed by atoms with Crippen molar-refractivity contribution in [2.75, 3.05) is 38.5 Å². The van der Waals surface area contributed by atoms with Crippen LogP contribution >= 0.6 is 11.6 Å². The maximum atomic E-state index is 12.4. The molecule has 0 spiro atoms. The lowest BCUT2D eigenvalue weighted by Crippen LogP contribution is -2.17. The van der Waals surface area contributed by atoms with Gasteiger partial charge in [0.15, 0.2) is 0 Å². The molecule has 25 heavy (non-hydrogen) atoms. The van der Waals surface area contributed by atoms with Crippen molar-refractivity contribution < 1.29 is 14.3 Å². The summed E-state index contributed by atoms with van der Waals surface area (Å²) in [4.78, 5) is 14.3. The molecule has 1 N–H and O–H groups in total. The van der Waals surface area contributed by atoms with Gasteiger partial charge in [0.2, 0.25) is 5.91 Å². The third kappa shape index (κ3) is 5.03. The lowest BCUT2D eigenvalue weighted by molar-refractivity contribution is -0.116. The van der Waals surface area contributed by atoms with Gasteiger partial charge in [-0.1, -0.05) is 11.6 Å². The molecule has 0 saturated carbocycles. The third-order valence-electron chi connectivity index (χ3n) is 3.82. The Balaban J connectivity index is 2.08. The first-order valence-electron chi connectivity index (χ1n) is 7.92. The highest BCUT2D eigenvalue weighted by molar-refractivity contribution is 6.31. The maximum Gasteiger partial charge on any atom is 0.224 e. The van der Waals surface area contributed by atoms with Crippen LogP contribution in [0.15, 0.2) is 36.4 Å². The first-order chi connectivity index (χ1) is 11.9. The lowest BCUT2D eigenvalue weighted by Gasteiger charge is -2.18. The van der Waals surface area contributed by atoms with Crippen molar-refractivity contribution in [3.8, 4) is 11.5 Å². The molecule has 0 radical (unpaired) electrons. The minimum absolute atomic E-state index is 0.0877. The molecule has 0 saturated heterocycles. The second-order valence-corrected chi connectivity index (χ2v) is 6.22. The summed E-state index contributed by atoms with van der Waals surface area (Å²) in [5.41, 5.74) is 2.52. The van der Waals surface area contributed by atoms with Crippen LogP contribution in [-0.2, 0) is 11.2 Å². The zero-order valence-corrected chi connectivity index (χ0v) is 15.7. The van der Waals surface area contributed by atoms with Crippen LogP contribution in [-0.4, -0.2) is 34.2 Å². The second kappa shape index (κ2) is 8.62. The molecule has 0 aliphatic heterocycles. The van der Waals surface area contributed by atoms with Crippen LogP contribution in [0.25, 0.3) is 0 Å². The fourth-order valence-electron chi connectivity index (χ4n) is 2.54. The highest BCUT2D eigenvalue weighted by Gasteiger charge is 2.12. The molecule has 0 fully saturated rings. The van der Waals surface area contributed by atoms with Crippen molar-refractivity contribution in [3.05, 3.63) is 47.0 Å². The Kier molecular flexibility index (Phi) is 6.53. The summed E-state index contributed by atoms with van der Waals surface area (Å²) in [6.07, 6.45) is 0.868. The zero-order valence-electron chi connectivity index (χ0n) is 14.9. The van der Waals surface area contributed by atoms with Crippen LogP contribution in [0.3, 0.4) is 0 Å². The van der Waals surface area contributed by atoms with Gasteiger partial charge in [0.05, 0.1) is 25.6 Å². The Bertz CT molecular complexity index is 747. The summed E-state index contributed by atoms with van der Waals surface area (Å²) in [7, 11) is 7.06. The Morgan fingerprint density at radius 3 is 2.52 bits per heavy atom. The third-order valence-corrected chi connectivity index (χ3v) is 4.06. The lowest BCUT2D eigenvalue weighted by atomic mass is 10.1. The maximum absolute atomic E-state index is 12.4. The van der Waals surface area contributed by atoms with Crippen molar-refractivity contribution >= 4 is 28.9 Å². The number of nitrogens with zero attached hydrogens (tertiary/aromatic N) is 1. The molecule has 0 aliphatic rings. The molecular weight excluding hydrogens is 340 g/mol. The number of benzene rings is 2. The number of ether oxygens (including phenoxy) is 2. The number of anilines is 2. The summed E-state index contributed by atoms with van der Waals surface area (Å²) >= 11 is 6.05. The van der Waals surface area contributed by atoms with Crippen LogP contribution in [0.4, 0.5) is 11.4 Å². The monoisotopic (exact) mass is 362 g/mol. The SMILES string of the molecule is COc1ccc(OC)c(CCC(=O)Nc2cc(Cl)ccc2N(C)C)c1. The Labute approximate surface area is 153 Å². The topological polar surface area (TPSA) is 50.8 Å². The van der Waals surface area contributed by atoms with Crippen molar-refractivity contribution in [2.45, 2.75) is 12.8 Å². The molecule has 0 bridgehead atoms. The molecule has 0 atom stereocenters. The highest BCUT2D eigenvalue weighted by atomic mass is 35.5. The van der Waals surface area contributed by atoms with E-state index in [0.717, 1.165) is 22.7 Å². The molecule has 6 heteroatoms. The van der Waals surface area contributed by atoms with E-state index in [1.165, 1.54) is 0 Å². The molecular formula is C19H23ClN2O3. The van der Waals surface area contributed by atoms with Crippen molar-refractivity contribution in [1.82, 2.24) is 0 Å². The fraction of sp³-hybridized carbons (Fsp3) is 0.316. The summed E-state index contributed by atoms with van der Waals surface area (Å²) in [5, 5.41) is 3.51. The van der Waals surface area contributed by atoms with Crippen molar-refractivity contribution in [2.24, 2.45) is 0 Å². The summed E-state index contributed by atoms with van der Waals surface area (Å²) in [6.45, 7) is 0. The van der Waals surface area contributed by atoms with E-state index >= 15 is 0 Å². The highest BCUT2D eigenvalue weighted by Crippen LogP contribution is 2.29. The van der Waals surface area contributed by atoms with Crippen molar-refractivity contribution in [3.63, 3.8) is 0 Å². The molecule has 2 aromatic rings. The van der Waals surface area contributed by atoms with Gasteiger partial charge in [0.1, 0.15) is 11.5 Å². The van der Waals surface area contributed by atoms with Gasteiger partial charge in [0.25, 0.3) is 0 Å². The minimum atomic E-state index is -0.0877. The zero-order chi connectivity index (χ0) is 18.4. The Morgan fingerprint density at radius 1 is 1.12 bits per heavy atom. The average Bonchev–Trinajstić information content (AvgIpc) is 2.59. The number of carbonyl (C=O) groups is 1. The number of nitrogens with one attached hydrogen (secondary N) is 1. The predicted octanol–water partition coefficient (Wildman–Crippen LogP) is 3.99. The van der Waals surface area contributed by atoms with Crippen LogP contribution in [0.2, 0.25) is 5.02 Å². The molecule has 2 rings (SSSR count). The van der Waals surface area contributed by atoms with E-state index in [1.54, 1.807) is 26.4 Å². The minimum Gasteiger partial charge on any atom is -0.497 e. The van der Waals surface area contributed by atoms with E-state index in [2.05, 4.69) is 5.32 Å². The largest absolute Gasteiger partial charge is 0.497 e. The summed E-state index contributed by atoms with van der Waals surface area (Å²) < 4.78 is 10.6. The quantitative estimate of drug-likeness (QED) is 0.809. The molecule has 0 unspecified atom stereocenters. The van der Waals surface area contributed by atoms with Crippen LogP contribution in [0.5, 0.6) is 11.5 Å². The van der Waals surface area contributed by atoms with Crippen LogP contribution in [0, 0.1) is 0 Å². The molecule has 0 aromatic heterocycles. The molecule has 1 amide bonds. The van der Waals surface area contributed by atoms with Crippen LogP contribution in [0.1, 0.15) is 12.0 Å². The van der Waals surface area contributed by atoms with E-state index in [1.807, 2.05) is 43.3 Å². The normalized spacial score (nSPS) is 10.3. The predicted molar refractivity (Wildman–Crippen MR) is 102 cm³/mol. The van der Waals surface area contributed by atoms with Gasteiger partial charge in [-0.3, -0.25) is 4.79 Å². The molecule has 0 heterocycles. The van der Waals surface area contributed by atoms with E-state index in [0.29, 0.717) is 23.6 Å². The number of rotatable bonds is 7. The second-order valence-electron chi connectivity index (χ2n) is 5.78. The number of halogens is 1. The van der Waals surface area contributed by atoms with Crippen molar-refractivity contribution in [1.29, 1.82) is 0 Å². The molecule has 0 aliphatic carbocycles. The first-order valence-corrected chi connectivity index (χ1v) is 8.30. The van der Waals surface area contributed by atoms with E-state index in [-0.39, 0.29) is 5.91 Å². The fourth-order valence-corrected chi connectivity index (χ4v) is 2.71. The standard InChI is InChI=1S/C19H23ClN2O3/c1-22(2)17-8-6-14(20)12-16(17)21-19(23)10-5-13-11-15(24-3)7-9-18(13)25-4/h6-9,11-12H,5,10H2,1-4H3,(H,21,23). The average molecular weight is 363 g/mol. The Hall–Kier alpha value is -2.40.